The minimum Gasteiger partial charge on any atom is -0.476 e. The van der Waals surface area contributed by atoms with Gasteiger partial charge in [0.15, 0.2) is 5.82 Å². The minimum absolute atomic E-state index is 0.0733. The molecule has 2 rings (SSSR count). The molecule has 0 fully saturated rings. The molecule has 1 aromatic heterocycles. The molecule has 0 aliphatic heterocycles. The van der Waals surface area contributed by atoms with Gasteiger partial charge >= 0.3 is 5.97 Å². The van der Waals surface area contributed by atoms with E-state index in [4.69, 9.17) is 34.0 Å². The van der Waals surface area contributed by atoms with Crippen molar-refractivity contribution in [3.63, 3.8) is 0 Å². The molecule has 88 valence electrons. The zero-order chi connectivity index (χ0) is 12.6. The van der Waals surface area contributed by atoms with Crippen molar-refractivity contribution in [2.24, 2.45) is 0 Å². The second kappa shape index (κ2) is 4.23. The van der Waals surface area contributed by atoms with Crippen LogP contribution in [0.4, 0.5) is 5.82 Å². The van der Waals surface area contributed by atoms with Gasteiger partial charge in [0.05, 0.1) is 15.7 Å². The molecule has 0 saturated carbocycles. The molecule has 0 atom stereocenters. The number of rotatable bonds is 2. The smallest absolute Gasteiger partial charge is 0.360 e. The van der Waals surface area contributed by atoms with Crippen LogP contribution in [0.25, 0.3) is 5.69 Å². The Kier molecular flexibility index (Phi) is 2.91. The number of carboxylic acids is 1. The van der Waals surface area contributed by atoms with Crippen LogP contribution in [-0.4, -0.2) is 26.1 Å². The Morgan fingerprint density at radius 2 is 2.06 bits per heavy atom. The Labute approximate surface area is 106 Å². The van der Waals surface area contributed by atoms with Gasteiger partial charge in [0.25, 0.3) is 0 Å². The largest absolute Gasteiger partial charge is 0.476 e. The lowest BCUT2D eigenvalue weighted by Gasteiger charge is -2.04. The van der Waals surface area contributed by atoms with Crippen LogP contribution in [0, 0.1) is 0 Å². The summed E-state index contributed by atoms with van der Waals surface area (Å²) in [4.78, 5) is 10.7. The third-order valence-electron chi connectivity index (χ3n) is 2.06. The van der Waals surface area contributed by atoms with Crippen molar-refractivity contribution >= 4 is 35.0 Å². The van der Waals surface area contributed by atoms with Crippen molar-refractivity contribution < 1.29 is 9.90 Å². The first-order valence-electron chi connectivity index (χ1n) is 4.40. The highest BCUT2D eigenvalue weighted by Crippen LogP contribution is 2.25. The second-order valence-corrected chi connectivity index (χ2v) is 3.95. The third kappa shape index (κ3) is 2.04. The summed E-state index contributed by atoms with van der Waals surface area (Å²) in [7, 11) is 0. The molecule has 8 heteroatoms. The van der Waals surface area contributed by atoms with Gasteiger partial charge in [-0.05, 0) is 18.2 Å². The van der Waals surface area contributed by atoms with E-state index in [9.17, 15) is 4.79 Å². The van der Waals surface area contributed by atoms with Crippen LogP contribution in [-0.2, 0) is 0 Å². The second-order valence-electron chi connectivity index (χ2n) is 3.14. The van der Waals surface area contributed by atoms with E-state index in [-0.39, 0.29) is 11.5 Å². The summed E-state index contributed by atoms with van der Waals surface area (Å²) >= 11 is 11.6. The molecule has 0 unspecified atom stereocenters. The lowest BCUT2D eigenvalue weighted by molar-refractivity contribution is 0.0691. The molecule has 0 aliphatic carbocycles. The van der Waals surface area contributed by atoms with Gasteiger partial charge in [-0.25, -0.2) is 4.79 Å². The number of anilines is 1. The number of nitrogens with two attached hydrogens (primary N) is 1. The number of carbonyl (C=O) groups is 1. The molecular formula is C9H6Cl2N4O2. The fourth-order valence-corrected chi connectivity index (χ4v) is 1.54. The van der Waals surface area contributed by atoms with Crippen LogP contribution in [0.15, 0.2) is 18.2 Å². The van der Waals surface area contributed by atoms with Crippen LogP contribution in [0.3, 0.4) is 0 Å². The molecule has 1 aromatic carbocycles. The van der Waals surface area contributed by atoms with Gasteiger partial charge in [-0.2, -0.15) is 4.68 Å². The zero-order valence-corrected chi connectivity index (χ0v) is 9.77. The van der Waals surface area contributed by atoms with E-state index in [1.165, 1.54) is 10.7 Å². The van der Waals surface area contributed by atoms with Crippen LogP contribution in [0.1, 0.15) is 10.5 Å². The van der Waals surface area contributed by atoms with E-state index in [2.05, 4.69) is 10.3 Å². The van der Waals surface area contributed by atoms with Gasteiger partial charge in [0.2, 0.25) is 5.69 Å². The van der Waals surface area contributed by atoms with E-state index in [1.54, 1.807) is 12.1 Å². The topological polar surface area (TPSA) is 94.0 Å². The van der Waals surface area contributed by atoms with Crippen molar-refractivity contribution in [1.29, 1.82) is 0 Å². The summed E-state index contributed by atoms with van der Waals surface area (Å²) in [6.45, 7) is 0. The highest BCUT2D eigenvalue weighted by Gasteiger charge is 2.17. The van der Waals surface area contributed by atoms with Crippen molar-refractivity contribution in [3.05, 3.63) is 33.9 Å². The first-order chi connectivity index (χ1) is 8.00. The standard InChI is InChI=1S/C9H6Cl2N4O2/c10-5-2-1-4(3-6(5)11)15-8(12)7(9(16)17)13-14-15/h1-3H,12H2,(H,16,17). The Balaban J connectivity index is 2.53. The Morgan fingerprint density at radius 1 is 1.35 bits per heavy atom. The number of hydrogen-bond acceptors (Lipinski definition) is 4. The Bertz CT molecular complexity index is 597. The van der Waals surface area contributed by atoms with Gasteiger partial charge in [0.1, 0.15) is 0 Å². The SMILES string of the molecule is Nc1c(C(=O)O)nnn1-c1ccc(Cl)c(Cl)c1. The van der Waals surface area contributed by atoms with Crippen molar-refractivity contribution in [2.45, 2.75) is 0 Å². The maximum atomic E-state index is 10.7. The summed E-state index contributed by atoms with van der Waals surface area (Å²) in [5, 5.41) is 16.6. The predicted octanol–water partition coefficient (Wildman–Crippen LogP) is 1.85. The summed E-state index contributed by atoms with van der Waals surface area (Å²) < 4.78 is 1.17. The molecule has 2 aromatic rings. The number of carboxylic acid groups (broad SMARTS) is 1. The molecule has 0 saturated heterocycles. The molecule has 1 heterocycles. The average molecular weight is 273 g/mol. The van der Waals surface area contributed by atoms with Crippen LogP contribution in [0.2, 0.25) is 10.0 Å². The lowest BCUT2D eigenvalue weighted by Crippen LogP contribution is -2.05. The molecule has 17 heavy (non-hydrogen) atoms. The summed E-state index contributed by atoms with van der Waals surface area (Å²) in [6, 6.07) is 4.67. The Morgan fingerprint density at radius 3 is 2.59 bits per heavy atom. The lowest BCUT2D eigenvalue weighted by atomic mass is 10.3. The minimum atomic E-state index is -1.24. The number of aromatic nitrogens is 3. The van der Waals surface area contributed by atoms with Crippen molar-refractivity contribution in [1.82, 2.24) is 15.0 Å². The van der Waals surface area contributed by atoms with E-state index >= 15 is 0 Å². The van der Waals surface area contributed by atoms with Gasteiger partial charge in [-0.15, -0.1) is 5.10 Å². The molecule has 0 bridgehead atoms. The first-order valence-corrected chi connectivity index (χ1v) is 5.16. The number of nitrogens with zero attached hydrogens (tertiary/aromatic N) is 3. The molecule has 6 nitrogen and oxygen atoms in total. The summed E-state index contributed by atoms with van der Waals surface area (Å²) in [5.74, 6) is -1.32. The summed E-state index contributed by atoms with van der Waals surface area (Å²) in [6.07, 6.45) is 0. The van der Waals surface area contributed by atoms with Gasteiger partial charge < -0.3 is 10.8 Å². The molecule has 0 spiro atoms. The number of benzene rings is 1. The van der Waals surface area contributed by atoms with E-state index < -0.39 is 5.97 Å². The molecule has 0 amide bonds. The molecule has 3 N–H and O–H groups in total. The number of hydrogen-bond donors (Lipinski definition) is 2. The maximum Gasteiger partial charge on any atom is 0.360 e. The third-order valence-corrected chi connectivity index (χ3v) is 2.79. The highest BCUT2D eigenvalue weighted by molar-refractivity contribution is 6.42. The van der Waals surface area contributed by atoms with Crippen LogP contribution < -0.4 is 5.73 Å². The molecular weight excluding hydrogens is 267 g/mol. The average Bonchev–Trinajstić information content (AvgIpc) is 2.64. The monoisotopic (exact) mass is 272 g/mol. The van der Waals surface area contributed by atoms with Crippen molar-refractivity contribution in [3.8, 4) is 5.69 Å². The van der Waals surface area contributed by atoms with Gasteiger partial charge in [0, 0.05) is 0 Å². The van der Waals surface area contributed by atoms with Crippen LogP contribution >= 0.6 is 23.2 Å². The summed E-state index contributed by atoms with van der Waals surface area (Å²) in [5.41, 5.74) is 5.78. The van der Waals surface area contributed by atoms with Crippen LogP contribution in [0.5, 0.6) is 0 Å². The number of halogens is 2. The molecule has 0 radical (unpaired) electrons. The van der Waals surface area contributed by atoms with Gasteiger partial charge in [-0.1, -0.05) is 28.4 Å². The quantitative estimate of drug-likeness (QED) is 0.870. The molecule has 0 aliphatic rings. The first kappa shape index (κ1) is 11.7. The fourth-order valence-electron chi connectivity index (χ4n) is 1.25. The van der Waals surface area contributed by atoms with Crippen molar-refractivity contribution in [2.75, 3.05) is 5.73 Å². The Hall–Kier alpha value is -1.79. The van der Waals surface area contributed by atoms with E-state index in [0.29, 0.717) is 15.7 Å². The van der Waals surface area contributed by atoms with E-state index in [0.717, 1.165) is 0 Å². The number of aromatic carboxylic acids is 1. The highest BCUT2D eigenvalue weighted by atomic mass is 35.5. The zero-order valence-electron chi connectivity index (χ0n) is 8.26. The maximum absolute atomic E-state index is 10.7. The van der Waals surface area contributed by atoms with Gasteiger partial charge in [-0.3, -0.25) is 0 Å². The number of nitrogen functional groups attached to an aromatic ring is 1. The fraction of sp³-hybridized carbons (Fsp3) is 0. The normalized spacial score (nSPS) is 10.5. The predicted molar refractivity (Wildman–Crippen MR) is 62.8 cm³/mol. The van der Waals surface area contributed by atoms with E-state index in [1.807, 2.05) is 0 Å².